The van der Waals surface area contributed by atoms with Gasteiger partial charge in [0, 0.05) is 5.56 Å². The molecule has 0 aliphatic carbocycles. The summed E-state index contributed by atoms with van der Waals surface area (Å²) >= 11 is 0. The molecule has 0 saturated heterocycles. The molecule has 1 heterocycles. The van der Waals surface area contributed by atoms with Crippen LogP contribution in [0.1, 0.15) is 24.2 Å². The number of carbonyl (C=O) groups is 1. The third kappa shape index (κ3) is 4.98. The van der Waals surface area contributed by atoms with Gasteiger partial charge in [-0.2, -0.15) is 0 Å². The van der Waals surface area contributed by atoms with E-state index in [1.807, 2.05) is 13.8 Å². The summed E-state index contributed by atoms with van der Waals surface area (Å²) in [5, 5.41) is 8.68. The normalized spacial score (nSPS) is 7.17. The van der Waals surface area contributed by atoms with Gasteiger partial charge in [-0.1, -0.05) is 37.7 Å². The molecule has 67 valence electrons. The number of rotatable bonds is 1. The zero-order chi connectivity index (χ0) is 8.69. The number of carbonyl (C=O) groups excluding carboxylic acids is 1. The van der Waals surface area contributed by atoms with Crippen molar-refractivity contribution in [3.8, 4) is 0 Å². The molecule has 0 saturated carbocycles. The second-order valence-corrected chi connectivity index (χ2v) is 1.63. The third-order valence-electron chi connectivity index (χ3n) is 0.956. The fraction of sp³-hybridized carbons (Fsp3) is 0.250. The molecule has 12 heavy (non-hydrogen) atoms. The van der Waals surface area contributed by atoms with Crippen molar-refractivity contribution in [3.63, 3.8) is 0 Å². The zero-order valence-corrected chi connectivity index (χ0v) is 9.56. The van der Waals surface area contributed by atoms with Gasteiger partial charge in [-0.15, -0.1) is 0 Å². The number of hydrogen-bond acceptors (Lipinski definition) is 1. The summed E-state index contributed by atoms with van der Waals surface area (Å²) in [7, 11) is 0. The minimum Gasteiger partial charge on any atom is -0.465 e. The summed E-state index contributed by atoms with van der Waals surface area (Å²) in [6.45, 7) is 4.00. The van der Waals surface area contributed by atoms with Crippen LogP contribution in [0.15, 0.2) is 18.3 Å². The Labute approximate surface area is 84.8 Å². The molecule has 4 heteroatoms. The number of aromatic nitrogens is 1. The van der Waals surface area contributed by atoms with Crippen LogP contribution in [-0.2, 0) is 19.8 Å². The summed E-state index contributed by atoms with van der Waals surface area (Å²) in [6.07, 6.45) is 2.14. The van der Waals surface area contributed by atoms with E-state index in [0.29, 0.717) is 11.8 Å². The van der Waals surface area contributed by atoms with Crippen LogP contribution < -0.4 is 5.49 Å². The van der Waals surface area contributed by atoms with E-state index in [1.54, 1.807) is 0 Å². The van der Waals surface area contributed by atoms with Crippen molar-refractivity contribution in [2.45, 2.75) is 13.8 Å². The quantitative estimate of drug-likeness (QED) is 0.770. The van der Waals surface area contributed by atoms with Crippen LogP contribution in [0.25, 0.3) is 5.41 Å². The first-order chi connectivity index (χ1) is 5.33. The minimum absolute atomic E-state index is 0. The monoisotopic (exact) mass is 343 g/mol. The molecule has 0 amide bonds. The molecule has 1 aromatic rings. The minimum atomic E-state index is 0. The van der Waals surface area contributed by atoms with Gasteiger partial charge < -0.3 is 10.4 Å². The van der Waals surface area contributed by atoms with Gasteiger partial charge in [-0.25, -0.2) is 0 Å². The van der Waals surface area contributed by atoms with Crippen LogP contribution in [0.5, 0.6) is 0 Å². The topological polar surface area (TPSA) is 55.2 Å². The Kier molecular flexibility index (Phi) is 9.62. The van der Waals surface area contributed by atoms with E-state index in [9.17, 15) is 4.79 Å². The van der Waals surface area contributed by atoms with Crippen LogP contribution in [0.2, 0.25) is 0 Å². The van der Waals surface area contributed by atoms with Crippen molar-refractivity contribution in [2.24, 2.45) is 0 Å². The van der Waals surface area contributed by atoms with Gasteiger partial charge in [0.15, 0.2) is 0 Å². The number of hydrogen-bond donors (Lipinski definition) is 1. The number of aldehydes is 1. The van der Waals surface area contributed by atoms with E-state index in [2.05, 4.69) is 4.98 Å². The molecule has 1 N–H and O–H groups in total. The van der Waals surface area contributed by atoms with E-state index < -0.39 is 0 Å². The Balaban J connectivity index is 0. The molecule has 0 atom stereocenters. The van der Waals surface area contributed by atoms with E-state index in [-0.39, 0.29) is 25.3 Å². The molecule has 3 nitrogen and oxygen atoms in total. The molecule has 1 radical (unpaired) electrons. The molecule has 0 bridgehead atoms. The van der Waals surface area contributed by atoms with Crippen LogP contribution >= 0.6 is 0 Å². The predicted octanol–water partition coefficient (Wildman–Crippen LogP) is 1.32. The fourth-order valence-electron chi connectivity index (χ4n) is 0.502. The number of nitrogens with zero attached hydrogens (tertiary/aromatic N) is 1. The van der Waals surface area contributed by atoms with Gasteiger partial charge in [0.2, 0.25) is 0 Å². The molecule has 0 spiro atoms. The molecule has 0 unspecified atom stereocenters. The van der Waals surface area contributed by atoms with E-state index in [4.69, 9.17) is 5.41 Å². The summed E-state index contributed by atoms with van der Waals surface area (Å²) in [5.74, 6) is 0. The van der Waals surface area contributed by atoms with E-state index in [0.717, 1.165) is 0 Å². The van der Waals surface area contributed by atoms with E-state index in [1.165, 1.54) is 18.3 Å². The first-order valence-electron chi connectivity index (χ1n) is 3.49. The molecular formula is C8H11N2OOs. The van der Waals surface area contributed by atoms with Crippen molar-refractivity contribution >= 4 is 6.29 Å². The van der Waals surface area contributed by atoms with Crippen molar-refractivity contribution in [2.75, 3.05) is 0 Å². The summed E-state index contributed by atoms with van der Waals surface area (Å²) in [5.41, 5.74) is 0.577. The molecule has 1 aromatic heterocycles. The summed E-state index contributed by atoms with van der Waals surface area (Å²) in [4.78, 5) is 12.5. The maximum Gasteiger partial charge on any atom is 1.00 e. The molecule has 1 rings (SSSR count). The maximum absolute atomic E-state index is 10.0. The molecule has 0 aliphatic heterocycles. The Morgan fingerprint density at radius 3 is 2.33 bits per heavy atom. The number of H-pyrrole nitrogens is 1. The molecule has 0 aromatic carbocycles. The Bertz CT molecular complexity index is 250. The van der Waals surface area contributed by atoms with Crippen LogP contribution in [0.4, 0.5) is 0 Å². The third-order valence-corrected chi connectivity index (χ3v) is 0.956. The van der Waals surface area contributed by atoms with Gasteiger partial charge in [-0.05, 0) is 0 Å². The number of nitrogens with one attached hydrogen (secondary N) is 1. The largest absolute Gasteiger partial charge is 1.00 e. The molecule has 0 aliphatic rings. The summed E-state index contributed by atoms with van der Waals surface area (Å²) < 4.78 is 0. The van der Waals surface area contributed by atoms with Crippen molar-refractivity contribution in [3.05, 3.63) is 34.8 Å². The SMILES string of the molecule is CC.[N-]=c1ccc(C=O)c[nH]1.[Os+]. The summed E-state index contributed by atoms with van der Waals surface area (Å²) in [6, 6.07) is 2.95. The number of aromatic amines is 1. The standard InChI is InChI=1S/C6H5N2O.C2H6.Os/c7-6-2-1-5(4-9)3-8-6;1-2;/h1-4H,(H-,7,8,9);1-2H3;/q-1;;+1. The van der Waals surface area contributed by atoms with Crippen LogP contribution in [0.3, 0.4) is 0 Å². The van der Waals surface area contributed by atoms with E-state index >= 15 is 0 Å². The second kappa shape index (κ2) is 8.35. The van der Waals surface area contributed by atoms with Gasteiger partial charge in [0.05, 0.1) is 0 Å². The van der Waals surface area contributed by atoms with Crippen molar-refractivity contribution in [1.82, 2.24) is 4.98 Å². The smallest absolute Gasteiger partial charge is 0.465 e. The van der Waals surface area contributed by atoms with Crippen LogP contribution in [0, 0.1) is 0 Å². The van der Waals surface area contributed by atoms with Gasteiger partial charge in [0.1, 0.15) is 6.29 Å². The fourth-order valence-corrected chi connectivity index (χ4v) is 0.502. The van der Waals surface area contributed by atoms with Crippen molar-refractivity contribution in [1.29, 1.82) is 0 Å². The Morgan fingerprint density at radius 2 is 2.00 bits per heavy atom. The average molecular weight is 341 g/mol. The first kappa shape index (κ1) is 13.8. The van der Waals surface area contributed by atoms with Crippen LogP contribution in [-0.4, -0.2) is 11.3 Å². The van der Waals surface area contributed by atoms with Gasteiger partial charge >= 0.3 is 19.8 Å². The van der Waals surface area contributed by atoms with Gasteiger partial charge in [-0.3, -0.25) is 4.79 Å². The first-order valence-corrected chi connectivity index (χ1v) is 3.49. The zero-order valence-electron chi connectivity index (χ0n) is 7.02. The molecular weight excluding hydrogens is 330 g/mol. The maximum atomic E-state index is 10.0. The van der Waals surface area contributed by atoms with Gasteiger partial charge in [0.25, 0.3) is 0 Å². The predicted molar refractivity (Wildman–Crippen MR) is 44.0 cm³/mol. The second-order valence-electron chi connectivity index (χ2n) is 1.63. The Hall–Kier alpha value is -0.744. The molecule has 0 fully saturated rings. The Morgan fingerprint density at radius 1 is 1.42 bits per heavy atom. The number of pyridine rings is 1. The van der Waals surface area contributed by atoms with Crippen molar-refractivity contribution < 1.29 is 24.6 Å². The average Bonchev–Trinajstić information content (AvgIpc) is 2.10.